The molecule has 0 fully saturated rings. The smallest absolute Gasteiger partial charge is 0.251 e. The van der Waals surface area contributed by atoms with Crippen molar-refractivity contribution in [1.82, 2.24) is 5.32 Å². The Labute approximate surface area is 145 Å². The summed E-state index contributed by atoms with van der Waals surface area (Å²) in [4.78, 5) is 12.3. The molecule has 0 saturated heterocycles. The first kappa shape index (κ1) is 18.7. The molecule has 0 unspecified atom stereocenters. The van der Waals surface area contributed by atoms with E-state index in [1.807, 2.05) is 13.0 Å². The number of benzene rings is 2. The van der Waals surface area contributed by atoms with E-state index in [1.165, 1.54) is 0 Å². The molecule has 0 atom stereocenters. The molecule has 0 heterocycles. The minimum atomic E-state index is -0.937. The second-order valence-electron chi connectivity index (χ2n) is 5.48. The normalized spacial score (nSPS) is 10.6. The molecule has 2 rings (SSSR count). The highest BCUT2D eigenvalue weighted by Gasteiger charge is 2.17. The fraction of sp³-hybridized carbons (Fsp3) is 0.278. The van der Waals surface area contributed by atoms with Gasteiger partial charge in [0.1, 0.15) is 0 Å². The number of aryl methyl sites for hydroxylation is 1. The molecule has 2 aromatic rings. The predicted octanol–water partition coefficient (Wildman–Crippen LogP) is 2.51. The number of nitrogens with one attached hydrogen (secondary N) is 1. The summed E-state index contributed by atoms with van der Waals surface area (Å²) < 4.78 is 32.1. The standard InChI is InChI=1S/C18H21F2N3O2/c1-3-10-4-5-16(22)12(8-21)13(10)9-23-18(24)11-6-14(19)17(25-2)15(20)7-11/h4-7H,3,8-9,21-22H2,1-2H3,(H,23,24). The van der Waals surface area contributed by atoms with Crippen LogP contribution in [-0.4, -0.2) is 13.0 Å². The number of hydrogen-bond donors (Lipinski definition) is 3. The lowest BCUT2D eigenvalue weighted by atomic mass is 9.97. The number of hydrogen-bond acceptors (Lipinski definition) is 4. The summed E-state index contributed by atoms with van der Waals surface area (Å²) in [6, 6.07) is 5.52. The number of anilines is 1. The molecule has 1 amide bonds. The number of nitrogens with two attached hydrogens (primary N) is 2. The van der Waals surface area contributed by atoms with Crippen LogP contribution in [0.2, 0.25) is 0 Å². The second kappa shape index (κ2) is 7.94. The minimum Gasteiger partial charge on any atom is -0.491 e. The molecule has 0 aliphatic heterocycles. The van der Waals surface area contributed by atoms with Crippen molar-refractivity contribution in [2.45, 2.75) is 26.4 Å². The lowest BCUT2D eigenvalue weighted by Crippen LogP contribution is -2.25. The van der Waals surface area contributed by atoms with Gasteiger partial charge in [-0.05, 0) is 41.3 Å². The van der Waals surface area contributed by atoms with Gasteiger partial charge in [0.25, 0.3) is 5.91 Å². The van der Waals surface area contributed by atoms with Crippen LogP contribution in [0.1, 0.15) is 34.0 Å². The van der Waals surface area contributed by atoms with E-state index in [1.54, 1.807) is 6.07 Å². The molecule has 134 valence electrons. The molecule has 25 heavy (non-hydrogen) atoms. The van der Waals surface area contributed by atoms with Crippen LogP contribution in [0.3, 0.4) is 0 Å². The summed E-state index contributed by atoms with van der Waals surface area (Å²) in [5, 5.41) is 2.66. The van der Waals surface area contributed by atoms with E-state index in [-0.39, 0.29) is 18.7 Å². The van der Waals surface area contributed by atoms with Crippen molar-refractivity contribution in [3.63, 3.8) is 0 Å². The molecular formula is C18H21F2N3O2. The largest absolute Gasteiger partial charge is 0.491 e. The van der Waals surface area contributed by atoms with Gasteiger partial charge in [-0.2, -0.15) is 0 Å². The number of ether oxygens (including phenoxy) is 1. The van der Waals surface area contributed by atoms with Crippen LogP contribution in [0, 0.1) is 11.6 Å². The molecule has 2 aromatic carbocycles. The minimum absolute atomic E-state index is 0.132. The second-order valence-corrected chi connectivity index (χ2v) is 5.48. The lowest BCUT2D eigenvalue weighted by molar-refractivity contribution is 0.0949. The molecular weight excluding hydrogens is 328 g/mol. The number of amides is 1. The Kier molecular flexibility index (Phi) is 5.93. The van der Waals surface area contributed by atoms with Crippen molar-refractivity contribution < 1.29 is 18.3 Å². The van der Waals surface area contributed by atoms with Gasteiger partial charge in [0.2, 0.25) is 0 Å². The lowest BCUT2D eigenvalue weighted by Gasteiger charge is -2.16. The van der Waals surface area contributed by atoms with Gasteiger partial charge in [0, 0.05) is 24.3 Å². The average molecular weight is 349 g/mol. The summed E-state index contributed by atoms with van der Waals surface area (Å²) >= 11 is 0. The molecule has 0 spiro atoms. The Morgan fingerprint density at radius 1 is 1.20 bits per heavy atom. The maximum Gasteiger partial charge on any atom is 0.251 e. The van der Waals surface area contributed by atoms with Crippen molar-refractivity contribution in [2.75, 3.05) is 12.8 Å². The van der Waals surface area contributed by atoms with E-state index in [9.17, 15) is 13.6 Å². The molecule has 5 nitrogen and oxygen atoms in total. The molecule has 0 bridgehead atoms. The first-order valence-electron chi connectivity index (χ1n) is 7.83. The van der Waals surface area contributed by atoms with Crippen molar-refractivity contribution in [3.05, 3.63) is 58.2 Å². The highest BCUT2D eigenvalue weighted by atomic mass is 19.1. The van der Waals surface area contributed by atoms with E-state index in [0.29, 0.717) is 5.69 Å². The molecule has 0 aromatic heterocycles. The highest BCUT2D eigenvalue weighted by molar-refractivity contribution is 5.94. The highest BCUT2D eigenvalue weighted by Crippen LogP contribution is 2.24. The van der Waals surface area contributed by atoms with Crippen LogP contribution >= 0.6 is 0 Å². The van der Waals surface area contributed by atoms with Crippen LogP contribution in [0.5, 0.6) is 5.75 Å². The third kappa shape index (κ3) is 3.88. The van der Waals surface area contributed by atoms with Gasteiger partial charge in [0.05, 0.1) is 7.11 Å². The predicted molar refractivity (Wildman–Crippen MR) is 92.2 cm³/mol. The fourth-order valence-corrected chi connectivity index (χ4v) is 2.71. The molecule has 0 aliphatic rings. The van der Waals surface area contributed by atoms with E-state index < -0.39 is 23.3 Å². The number of carbonyl (C=O) groups is 1. The number of nitrogen functional groups attached to an aromatic ring is 1. The number of carbonyl (C=O) groups excluding carboxylic acids is 1. The van der Waals surface area contributed by atoms with Gasteiger partial charge >= 0.3 is 0 Å². The van der Waals surface area contributed by atoms with Gasteiger partial charge in [0.15, 0.2) is 17.4 Å². The van der Waals surface area contributed by atoms with Crippen LogP contribution in [-0.2, 0) is 19.5 Å². The Hall–Kier alpha value is -2.67. The van der Waals surface area contributed by atoms with Crippen molar-refractivity contribution in [1.29, 1.82) is 0 Å². The average Bonchev–Trinajstić information content (AvgIpc) is 2.59. The van der Waals surface area contributed by atoms with E-state index in [4.69, 9.17) is 11.5 Å². The van der Waals surface area contributed by atoms with Crippen LogP contribution in [0.4, 0.5) is 14.5 Å². The first-order chi connectivity index (χ1) is 11.9. The third-order valence-corrected chi connectivity index (χ3v) is 4.04. The molecule has 0 aliphatic carbocycles. The van der Waals surface area contributed by atoms with E-state index in [2.05, 4.69) is 10.1 Å². The monoisotopic (exact) mass is 349 g/mol. The van der Waals surface area contributed by atoms with Gasteiger partial charge in [-0.25, -0.2) is 8.78 Å². The summed E-state index contributed by atoms with van der Waals surface area (Å²) in [7, 11) is 1.15. The van der Waals surface area contributed by atoms with Crippen LogP contribution in [0.15, 0.2) is 24.3 Å². The third-order valence-electron chi connectivity index (χ3n) is 4.04. The Bertz CT molecular complexity index is 771. The topological polar surface area (TPSA) is 90.4 Å². The van der Waals surface area contributed by atoms with Gasteiger partial charge in [-0.3, -0.25) is 4.79 Å². The quantitative estimate of drug-likeness (QED) is 0.699. The van der Waals surface area contributed by atoms with Crippen molar-refractivity contribution >= 4 is 11.6 Å². The first-order valence-corrected chi connectivity index (χ1v) is 7.83. The number of halogens is 2. The molecule has 5 N–H and O–H groups in total. The molecule has 0 saturated carbocycles. The zero-order valence-corrected chi connectivity index (χ0v) is 14.2. The summed E-state index contributed by atoms with van der Waals surface area (Å²) in [5.74, 6) is -3.00. The van der Waals surface area contributed by atoms with E-state index >= 15 is 0 Å². The molecule has 0 radical (unpaired) electrons. The van der Waals surface area contributed by atoms with Crippen molar-refractivity contribution in [2.24, 2.45) is 5.73 Å². The number of methoxy groups -OCH3 is 1. The van der Waals surface area contributed by atoms with Gasteiger partial charge < -0.3 is 21.5 Å². The summed E-state index contributed by atoms with van der Waals surface area (Å²) in [5.41, 5.74) is 14.7. The summed E-state index contributed by atoms with van der Waals surface area (Å²) in [6.07, 6.45) is 0.740. The van der Waals surface area contributed by atoms with Gasteiger partial charge in [-0.15, -0.1) is 0 Å². The zero-order valence-electron chi connectivity index (χ0n) is 14.2. The van der Waals surface area contributed by atoms with Crippen LogP contribution in [0.25, 0.3) is 0 Å². The van der Waals surface area contributed by atoms with Gasteiger partial charge in [-0.1, -0.05) is 13.0 Å². The Morgan fingerprint density at radius 2 is 1.84 bits per heavy atom. The fourth-order valence-electron chi connectivity index (χ4n) is 2.71. The zero-order chi connectivity index (χ0) is 18.6. The SMILES string of the molecule is CCc1ccc(N)c(CN)c1CNC(=O)c1cc(F)c(OC)c(F)c1. The number of rotatable bonds is 6. The Balaban J connectivity index is 2.25. The van der Waals surface area contributed by atoms with Crippen molar-refractivity contribution in [3.8, 4) is 5.75 Å². The maximum atomic E-state index is 13.7. The summed E-state index contributed by atoms with van der Waals surface area (Å²) in [6.45, 7) is 2.37. The maximum absolute atomic E-state index is 13.7. The molecule has 7 heteroatoms. The van der Waals surface area contributed by atoms with Crippen LogP contribution < -0.4 is 21.5 Å². The Morgan fingerprint density at radius 3 is 2.36 bits per heavy atom. The van der Waals surface area contributed by atoms with E-state index in [0.717, 1.165) is 42.4 Å².